The molecule has 0 radical (unpaired) electrons. The second kappa shape index (κ2) is 6.14. The lowest BCUT2D eigenvalue weighted by molar-refractivity contribution is -0.131. The fourth-order valence-electron chi connectivity index (χ4n) is 2.89. The fourth-order valence-corrected chi connectivity index (χ4v) is 2.89. The molecule has 1 amide bonds. The standard InChI is InChI=1S/C17H20N2O2/c20-16-7-5-13-3-1-2-4-14(13)15(16)6-8-17(21)19-11-9-18-10-12-19/h1-5,7,18,20H,6,8-12H2. The number of fused-ring (bicyclic) bond motifs is 1. The van der Waals surface area contributed by atoms with Gasteiger partial charge in [-0.2, -0.15) is 0 Å². The molecular weight excluding hydrogens is 264 g/mol. The van der Waals surface area contributed by atoms with Gasteiger partial charge in [-0.25, -0.2) is 0 Å². The Labute approximate surface area is 124 Å². The van der Waals surface area contributed by atoms with Crippen molar-refractivity contribution in [2.45, 2.75) is 12.8 Å². The molecular formula is C17H20N2O2. The van der Waals surface area contributed by atoms with Crippen LogP contribution in [0.5, 0.6) is 5.75 Å². The number of phenols is 1. The van der Waals surface area contributed by atoms with Gasteiger partial charge in [0.1, 0.15) is 5.75 Å². The van der Waals surface area contributed by atoms with E-state index in [1.54, 1.807) is 6.07 Å². The number of aromatic hydroxyl groups is 1. The molecule has 4 heteroatoms. The zero-order valence-corrected chi connectivity index (χ0v) is 12.0. The van der Waals surface area contributed by atoms with Gasteiger partial charge in [-0.1, -0.05) is 30.3 Å². The fraction of sp³-hybridized carbons (Fsp3) is 0.353. The highest BCUT2D eigenvalue weighted by atomic mass is 16.3. The van der Waals surface area contributed by atoms with Crippen molar-refractivity contribution in [1.82, 2.24) is 10.2 Å². The first-order valence-corrected chi connectivity index (χ1v) is 7.44. The SMILES string of the molecule is O=C(CCc1c(O)ccc2ccccc12)N1CCNCC1. The monoisotopic (exact) mass is 284 g/mol. The van der Waals surface area contributed by atoms with Crippen molar-refractivity contribution in [3.8, 4) is 5.75 Å². The van der Waals surface area contributed by atoms with Gasteiger partial charge in [0.15, 0.2) is 0 Å². The molecule has 2 aromatic rings. The Bertz CT molecular complexity index is 648. The average molecular weight is 284 g/mol. The van der Waals surface area contributed by atoms with Crippen LogP contribution in [0.2, 0.25) is 0 Å². The zero-order chi connectivity index (χ0) is 14.7. The Kier molecular flexibility index (Phi) is 4.06. The minimum atomic E-state index is 0.170. The van der Waals surface area contributed by atoms with E-state index in [1.165, 1.54) is 0 Å². The van der Waals surface area contributed by atoms with Gasteiger partial charge < -0.3 is 15.3 Å². The van der Waals surface area contributed by atoms with Crippen molar-refractivity contribution in [2.24, 2.45) is 0 Å². The highest BCUT2D eigenvalue weighted by molar-refractivity contribution is 5.88. The van der Waals surface area contributed by atoms with Gasteiger partial charge in [0.2, 0.25) is 5.91 Å². The summed E-state index contributed by atoms with van der Waals surface area (Å²) in [7, 11) is 0. The molecule has 1 saturated heterocycles. The number of carbonyl (C=O) groups excluding carboxylic acids is 1. The van der Waals surface area contributed by atoms with Gasteiger partial charge >= 0.3 is 0 Å². The maximum absolute atomic E-state index is 12.2. The number of phenolic OH excluding ortho intramolecular Hbond substituents is 1. The van der Waals surface area contributed by atoms with Crippen LogP contribution >= 0.6 is 0 Å². The van der Waals surface area contributed by atoms with E-state index >= 15 is 0 Å². The van der Waals surface area contributed by atoms with Gasteiger partial charge in [-0.3, -0.25) is 4.79 Å². The molecule has 110 valence electrons. The molecule has 21 heavy (non-hydrogen) atoms. The van der Waals surface area contributed by atoms with Gasteiger partial charge in [0, 0.05) is 38.2 Å². The third-order valence-electron chi connectivity index (χ3n) is 4.07. The van der Waals surface area contributed by atoms with Crippen LogP contribution in [0.25, 0.3) is 10.8 Å². The van der Waals surface area contributed by atoms with Crippen molar-refractivity contribution in [2.75, 3.05) is 26.2 Å². The Morgan fingerprint density at radius 1 is 1.14 bits per heavy atom. The minimum Gasteiger partial charge on any atom is -0.508 e. The molecule has 3 rings (SSSR count). The highest BCUT2D eigenvalue weighted by Crippen LogP contribution is 2.28. The smallest absolute Gasteiger partial charge is 0.222 e. The molecule has 0 aromatic heterocycles. The summed E-state index contributed by atoms with van der Waals surface area (Å²) in [5.41, 5.74) is 0.872. The van der Waals surface area contributed by atoms with E-state index in [4.69, 9.17) is 0 Å². The number of amides is 1. The number of rotatable bonds is 3. The lowest BCUT2D eigenvalue weighted by Crippen LogP contribution is -2.46. The highest BCUT2D eigenvalue weighted by Gasteiger charge is 2.17. The molecule has 0 aliphatic carbocycles. The lowest BCUT2D eigenvalue weighted by Gasteiger charge is -2.27. The van der Waals surface area contributed by atoms with Crippen molar-refractivity contribution < 1.29 is 9.90 Å². The third-order valence-corrected chi connectivity index (χ3v) is 4.07. The van der Waals surface area contributed by atoms with Crippen LogP contribution < -0.4 is 5.32 Å². The molecule has 1 aliphatic heterocycles. The first-order chi connectivity index (χ1) is 10.3. The van der Waals surface area contributed by atoms with E-state index < -0.39 is 0 Å². The summed E-state index contributed by atoms with van der Waals surface area (Å²) >= 11 is 0. The number of carbonyl (C=O) groups is 1. The van der Waals surface area contributed by atoms with E-state index in [1.807, 2.05) is 35.2 Å². The van der Waals surface area contributed by atoms with Crippen molar-refractivity contribution in [3.05, 3.63) is 42.0 Å². The topological polar surface area (TPSA) is 52.6 Å². The lowest BCUT2D eigenvalue weighted by atomic mass is 9.99. The van der Waals surface area contributed by atoms with E-state index in [9.17, 15) is 9.90 Å². The number of piperazine rings is 1. The number of hydrogen-bond acceptors (Lipinski definition) is 3. The minimum absolute atomic E-state index is 0.170. The van der Waals surface area contributed by atoms with Gasteiger partial charge in [-0.05, 0) is 23.3 Å². The molecule has 0 spiro atoms. The number of nitrogens with one attached hydrogen (secondary N) is 1. The van der Waals surface area contributed by atoms with Crippen LogP contribution in [0.3, 0.4) is 0 Å². The summed E-state index contributed by atoms with van der Waals surface area (Å²) in [4.78, 5) is 14.1. The van der Waals surface area contributed by atoms with Gasteiger partial charge in [0.05, 0.1) is 0 Å². The number of nitrogens with zero attached hydrogens (tertiary/aromatic N) is 1. The Morgan fingerprint density at radius 2 is 1.90 bits per heavy atom. The molecule has 0 saturated carbocycles. The van der Waals surface area contributed by atoms with Crippen molar-refractivity contribution >= 4 is 16.7 Å². The average Bonchev–Trinajstić information content (AvgIpc) is 2.54. The maximum atomic E-state index is 12.2. The zero-order valence-electron chi connectivity index (χ0n) is 12.0. The van der Waals surface area contributed by atoms with E-state index in [0.717, 1.165) is 42.5 Å². The van der Waals surface area contributed by atoms with Crippen LogP contribution in [0, 0.1) is 0 Å². The second-order valence-corrected chi connectivity index (χ2v) is 5.42. The summed E-state index contributed by atoms with van der Waals surface area (Å²) in [6.45, 7) is 3.29. The van der Waals surface area contributed by atoms with Crippen LogP contribution in [0.1, 0.15) is 12.0 Å². The van der Waals surface area contributed by atoms with Crippen LogP contribution in [0.4, 0.5) is 0 Å². The predicted molar refractivity (Wildman–Crippen MR) is 83.4 cm³/mol. The number of hydrogen-bond donors (Lipinski definition) is 2. The molecule has 2 N–H and O–H groups in total. The van der Waals surface area contributed by atoms with Crippen LogP contribution in [-0.2, 0) is 11.2 Å². The normalized spacial score (nSPS) is 15.3. The summed E-state index contributed by atoms with van der Waals surface area (Å²) < 4.78 is 0. The maximum Gasteiger partial charge on any atom is 0.222 e. The number of aryl methyl sites for hydroxylation is 1. The summed E-state index contributed by atoms with van der Waals surface area (Å²) in [5, 5.41) is 15.5. The Morgan fingerprint density at radius 3 is 2.71 bits per heavy atom. The molecule has 0 bridgehead atoms. The molecule has 0 unspecified atom stereocenters. The van der Waals surface area contributed by atoms with Gasteiger partial charge in [0.25, 0.3) is 0 Å². The largest absolute Gasteiger partial charge is 0.508 e. The van der Waals surface area contributed by atoms with E-state index in [2.05, 4.69) is 5.32 Å². The Hall–Kier alpha value is -2.07. The summed E-state index contributed by atoms with van der Waals surface area (Å²) in [6, 6.07) is 11.6. The van der Waals surface area contributed by atoms with Crippen molar-refractivity contribution in [3.63, 3.8) is 0 Å². The molecule has 1 aliphatic rings. The van der Waals surface area contributed by atoms with E-state index in [-0.39, 0.29) is 11.7 Å². The third kappa shape index (κ3) is 3.00. The first kappa shape index (κ1) is 13.9. The molecule has 0 atom stereocenters. The molecule has 2 aromatic carbocycles. The Balaban J connectivity index is 1.75. The quantitative estimate of drug-likeness (QED) is 0.905. The second-order valence-electron chi connectivity index (χ2n) is 5.42. The first-order valence-electron chi connectivity index (χ1n) is 7.44. The predicted octanol–water partition coefficient (Wildman–Crippen LogP) is 1.91. The number of benzene rings is 2. The summed E-state index contributed by atoms with van der Waals surface area (Å²) in [5.74, 6) is 0.450. The van der Waals surface area contributed by atoms with Crippen LogP contribution in [-0.4, -0.2) is 42.1 Å². The van der Waals surface area contributed by atoms with Gasteiger partial charge in [-0.15, -0.1) is 0 Å². The molecule has 1 fully saturated rings. The van der Waals surface area contributed by atoms with E-state index in [0.29, 0.717) is 12.8 Å². The van der Waals surface area contributed by atoms with Crippen LogP contribution in [0.15, 0.2) is 36.4 Å². The van der Waals surface area contributed by atoms with Crippen molar-refractivity contribution in [1.29, 1.82) is 0 Å². The summed E-state index contributed by atoms with van der Waals surface area (Å²) in [6.07, 6.45) is 1.03. The molecule has 4 nitrogen and oxygen atoms in total. The molecule has 1 heterocycles.